The molecule has 2 rings (SSSR count). The van der Waals surface area contributed by atoms with Crippen molar-refractivity contribution in [1.82, 2.24) is 4.98 Å². The van der Waals surface area contributed by atoms with Crippen LogP contribution in [0.1, 0.15) is 5.56 Å². The van der Waals surface area contributed by atoms with E-state index in [1.54, 1.807) is 0 Å². The molecule has 1 aromatic heterocycles. The van der Waals surface area contributed by atoms with Crippen LogP contribution in [-0.2, 0) is 6.54 Å². The second-order valence-corrected chi connectivity index (χ2v) is 4.57. The van der Waals surface area contributed by atoms with Crippen LogP contribution in [0.25, 0.3) is 11.1 Å². The number of hydrogen-bond donors (Lipinski definition) is 1. The molecule has 0 atom stereocenters. The molecule has 0 amide bonds. The molecule has 4 heteroatoms. The van der Waals surface area contributed by atoms with Crippen molar-refractivity contribution >= 4 is 27.5 Å². The number of halogens is 2. The summed E-state index contributed by atoms with van der Waals surface area (Å²) in [6.07, 6.45) is 1.81. The average Bonchev–Trinajstić information content (AvgIpc) is 2.31. The first kappa shape index (κ1) is 11.6. The normalized spacial score (nSPS) is 10.4. The van der Waals surface area contributed by atoms with E-state index in [0.717, 1.165) is 26.3 Å². The van der Waals surface area contributed by atoms with Crippen LogP contribution in [0.4, 0.5) is 0 Å². The van der Waals surface area contributed by atoms with Crippen molar-refractivity contribution in [1.29, 1.82) is 0 Å². The molecule has 0 spiro atoms. The highest BCUT2D eigenvalue weighted by Crippen LogP contribution is 2.24. The molecule has 2 aromatic rings. The van der Waals surface area contributed by atoms with Gasteiger partial charge in [0.2, 0.25) is 0 Å². The molecule has 0 fully saturated rings. The molecule has 0 bridgehead atoms. The van der Waals surface area contributed by atoms with Crippen LogP contribution < -0.4 is 5.73 Å². The average molecular weight is 298 g/mol. The number of aromatic nitrogens is 1. The quantitative estimate of drug-likeness (QED) is 0.860. The molecule has 0 radical (unpaired) electrons. The van der Waals surface area contributed by atoms with E-state index in [-0.39, 0.29) is 0 Å². The number of hydrogen-bond acceptors (Lipinski definition) is 2. The predicted octanol–water partition coefficient (Wildman–Crippen LogP) is 3.62. The van der Waals surface area contributed by atoms with E-state index in [2.05, 4.69) is 20.9 Å². The van der Waals surface area contributed by atoms with E-state index in [4.69, 9.17) is 17.3 Å². The van der Waals surface area contributed by atoms with E-state index in [1.807, 2.05) is 36.5 Å². The minimum Gasteiger partial charge on any atom is -0.326 e. The van der Waals surface area contributed by atoms with Crippen LogP contribution in [0.3, 0.4) is 0 Å². The highest BCUT2D eigenvalue weighted by molar-refractivity contribution is 9.10. The minimum absolute atomic E-state index is 0.467. The van der Waals surface area contributed by atoms with Crippen molar-refractivity contribution in [2.45, 2.75) is 6.54 Å². The molecule has 0 saturated carbocycles. The summed E-state index contributed by atoms with van der Waals surface area (Å²) >= 11 is 9.20. The molecule has 82 valence electrons. The number of nitrogens with zero attached hydrogens (tertiary/aromatic N) is 1. The van der Waals surface area contributed by atoms with Crippen molar-refractivity contribution in [3.8, 4) is 11.1 Å². The van der Waals surface area contributed by atoms with Gasteiger partial charge in [-0.3, -0.25) is 0 Å². The topological polar surface area (TPSA) is 38.9 Å². The molecule has 2 nitrogen and oxygen atoms in total. The van der Waals surface area contributed by atoms with Gasteiger partial charge >= 0.3 is 0 Å². The minimum atomic E-state index is 0.467. The monoisotopic (exact) mass is 296 g/mol. The zero-order valence-electron chi connectivity index (χ0n) is 8.45. The van der Waals surface area contributed by atoms with Crippen LogP contribution in [0, 0.1) is 0 Å². The maximum absolute atomic E-state index is 5.84. The van der Waals surface area contributed by atoms with E-state index in [0.29, 0.717) is 6.54 Å². The number of rotatable bonds is 2. The highest BCUT2D eigenvalue weighted by Gasteiger charge is 2.03. The predicted molar refractivity (Wildman–Crippen MR) is 70.3 cm³/mol. The third-order valence-electron chi connectivity index (χ3n) is 2.31. The van der Waals surface area contributed by atoms with Gasteiger partial charge in [-0.2, -0.15) is 0 Å². The maximum atomic E-state index is 5.84. The van der Waals surface area contributed by atoms with Crippen molar-refractivity contribution in [3.05, 3.63) is 51.7 Å². The zero-order chi connectivity index (χ0) is 11.5. The van der Waals surface area contributed by atoms with Crippen LogP contribution in [0.2, 0.25) is 5.02 Å². The smallest absolute Gasteiger partial charge is 0.110 e. The molecule has 0 saturated heterocycles. The van der Waals surface area contributed by atoms with Crippen LogP contribution in [0.15, 0.2) is 41.1 Å². The molecule has 16 heavy (non-hydrogen) atoms. The molecule has 0 unspecified atom stereocenters. The molecule has 0 aliphatic carbocycles. The van der Waals surface area contributed by atoms with Gasteiger partial charge in [0.15, 0.2) is 0 Å². The van der Waals surface area contributed by atoms with Crippen molar-refractivity contribution in [3.63, 3.8) is 0 Å². The maximum Gasteiger partial charge on any atom is 0.110 e. The lowest BCUT2D eigenvalue weighted by Gasteiger charge is -2.05. The van der Waals surface area contributed by atoms with Gasteiger partial charge in [0.1, 0.15) is 4.60 Å². The Kier molecular flexibility index (Phi) is 3.59. The van der Waals surface area contributed by atoms with Gasteiger partial charge in [0, 0.05) is 23.3 Å². The summed E-state index contributed by atoms with van der Waals surface area (Å²) in [4.78, 5) is 4.25. The Balaban J connectivity index is 2.44. The number of nitrogens with two attached hydrogens (primary N) is 1. The van der Waals surface area contributed by atoms with Gasteiger partial charge in [-0.05, 0) is 45.3 Å². The molecular formula is C12H10BrClN2. The summed E-state index contributed by atoms with van der Waals surface area (Å²) in [7, 11) is 0. The van der Waals surface area contributed by atoms with Gasteiger partial charge in [0.25, 0.3) is 0 Å². The molecule has 0 aliphatic rings. The Morgan fingerprint density at radius 1 is 1.19 bits per heavy atom. The number of pyridine rings is 1. The summed E-state index contributed by atoms with van der Waals surface area (Å²) in [6.45, 7) is 0.467. The summed E-state index contributed by atoms with van der Waals surface area (Å²) in [5, 5.41) is 0.730. The second-order valence-electron chi connectivity index (χ2n) is 3.38. The molecule has 0 aliphatic heterocycles. The first-order chi connectivity index (χ1) is 7.70. The first-order valence-electron chi connectivity index (χ1n) is 4.81. The third kappa shape index (κ3) is 2.43. The van der Waals surface area contributed by atoms with Crippen molar-refractivity contribution < 1.29 is 0 Å². The summed E-state index contributed by atoms with van der Waals surface area (Å²) in [6, 6.07) is 9.68. The fourth-order valence-electron chi connectivity index (χ4n) is 1.44. The third-order valence-corrected chi connectivity index (χ3v) is 3.28. The van der Waals surface area contributed by atoms with Gasteiger partial charge in [-0.1, -0.05) is 23.7 Å². The Morgan fingerprint density at radius 2 is 1.88 bits per heavy atom. The standard InChI is InChI=1S/C12H10BrClN2/c13-12-9(6-15)5-10(7-16-12)8-1-3-11(14)4-2-8/h1-5,7H,6,15H2. The van der Waals surface area contributed by atoms with Crippen molar-refractivity contribution in [2.75, 3.05) is 0 Å². The summed E-state index contributed by atoms with van der Waals surface area (Å²) in [5.41, 5.74) is 8.75. The van der Waals surface area contributed by atoms with Gasteiger partial charge in [-0.15, -0.1) is 0 Å². The number of benzene rings is 1. The fraction of sp³-hybridized carbons (Fsp3) is 0.0833. The second kappa shape index (κ2) is 4.95. The van der Waals surface area contributed by atoms with E-state index < -0.39 is 0 Å². The van der Waals surface area contributed by atoms with E-state index in [1.165, 1.54) is 0 Å². The SMILES string of the molecule is NCc1cc(-c2ccc(Cl)cc2)cnc1Br. The lowest BCUT2D eigenvalue weighted by molar-refractivity contribution is 1.03. The largest absolute Gasteiger partial charge is 0.326 e. The Bertz CT molecular complexity index is 497. The summed E-state index contributed by atoms with van der Waals surface area (Å²) < 4.78 is 0.799. The lowest BCUT2D eigenvalue weighted by atomic mass is 10.1. The molecule has 1 aromatic carbocycles. The fourth-order valence-corrected chi connectivity index (χ4v) is 1.94. The Morgan fingerprint density at radius 3 is 2.50 bits per heavy atom. The highest BCUT2D eigenvalue weighted by atomic mass is 79.9. The Hall–Kier alpha value is -0.900. The lowest BCUT2D eigenvalue weighted by Crippen LogP contribution is -1.99. The molecule has 1 heterocycles. The molecule has 2 N–H and O–H groups in total. The summed E-state index contributed by atoms with van der Waals surface area (Å²) in [5.74, 6) is 0. The first-order valence-corrected chi connectivity index (χ1v) is 5.98. The Labute approximate surface area is 108 Å². The molecular weight excluding hydrogens is 288 g/mol. The van der Waals surface area contributed by atoms with Gasteiger partial charge < -0.3 is 5.73 Å². The van der Waals surface area contributed by atoms with E-state index >= 15 is 0 Å². The van der Waals surface area contributed by atoms with Gasteiger partial charge in [0.05, 0.1) is 0 Å². The van der Waals surface area contributed by atoms with Crippen LogP contribution in [-0.4, -0.2) is 4.98 Å². The van der Waals surface area contributed by atoms with Crippen LogP contribution in [0.5, 0.6) is 0 Å². The van der Waals surface area contributed by atoms with Crippen molar-refractivity contribution in [2.24, 2.45) is 5.73 Å². The van der Waals surface area contributed by atoms with E-state index in [9.17, 15) is 0 Å². The van der Waals surface area contributed by atoms with Gasteiger partial charge in [-0.25, -0.2) is 4.98 Å². The van der Waals surface area contributed by atoms with Crippen LogP contribution >= 0.6 is 27.5 Å². The zero-order valence-corrected chi connectivity index (χ0v) is 10.8.